The molecular formula is C70H136O6. The molecule has 0 heterocycles. The largest absolute Gasteiger partial charge is 0.462 e. The number of unbranched alkanes of at least 4 members (excludes halogenated alkanes) is 46. The Morgan fingerprint density at radius 2 is 0.382 bits per heavy atom. The summed E-state index contributed by atoms with van der Waals surface area (Å²) < 4.78 is 17.0. The van der Waals surface area contributed by atoms with Crippen LogP contribution in [0.25, 0.3) is 0 Å². The van der Waals surface area contributed by atoms with Crippen molar-refractivity contribution in [2.45, 2.75) is 401 Å². The van der Waals surface area contributed by atoms with E-state index in [0.717, 1.165) is 75.5 Å². The van der Waals surface area contributed by atoms with Gasteiger partial charge in [-0.1, -0.05) is 356 Å². The molecule has 76 heavy (non-hydrogen) atoms. The monoisotopic (exact) mass is 1070 g/mol. The van der Waals surface area contributed by atoms with E-state index in [9.17, 15) is 14.4 Å². The van der Waals surface area contributed by atoms with E-state index in [1.165, 1.54) is 276 Å². The SMILES string of the molecule is CC(C)CCCCCCCCCCCCCCCCCCCCC(=O)OC[C@@H](COC(=O)CCCCCCCCCCCCCCCC(C)C)OC(=O)CCCCCCCCCCCCCCCCCCCCC(C)C. The van der Waals surface area contributed by atoms with E-state index in [1.54, 1.807) is 0 Å². The van der Waals surface area contributed by atoms with Crippen LogP contribution in [0.5, 0.6) is 0 Å². The van der Waals surface area contributed by atoms with Crippen molar-refractivity contribution in [2.75, 3.05) is 13.2 Å². The Hall–Kier alpha value is -1.59. The lowest BCUT2D eigenvalue weighted by molar-refractivity contribution is -0.167. The highest BCUT2D eigenvalue weighted by atomic mass is 16.6. The molecule has 0 aromatic heterocycles. The average Bonchev–Trinajstić information content (AvgIpc) is 3.39. The molecule has 0 rings (SSSR count). The Bertz CT molecular complexity index is 1180. The molecular weight excluding hydrogens is 937 g/mol. The van der Waals surface area contributed by atoms with E-state index < -0.39 is 6.10 Å². The van der Waals surface area contributed by atoms with Crippen LogP contribution >= 0.6 is 0 Å². The van der Waals surface area contributed by atoms with E-state index >= 15 is 0 Å². The molecule has 0 aliphatic rings. The van der Waals surface area contributed by atoms with Crippen LogP contribution in [0.4, 0.5) is 0 Å². The molecule has 0 aliphatic carbocycles. The van der Waals surface area contributed by atoms with Crippen molar-refractivity contribution in [3.8, 4) is 0 Å². The fourth-order valence-corrected chi connectivity index (χ4v) is 10.9. The number of hydrogen-bond acceptors (Lipinski definition) is 6. The number of esters is 3. The summed E-state index contributed by atoms with van der Waals surface area (Å²) in [5.74, 6) is 1.73. The molecule has 0 amide bonds. The maximum absolute atomic E-state index is 13.0. The predicted octanol–water partition coefficient (Wildman–Crippen LogP) is 23.4. The van der Waals surface area contributed by atoms with Crippen molar-refractivity contribution in [3.05, 3.63) is 0 Å². The highest BCUT2D eigenvalue weighted by Crippen LogP contribution is 2.20. The quantitative estimate of drug-likeness (QED) is 0.0343. The average molecular weight is 1070 g/mol. The van der Waals surface area contributed by atoms with Crippen molar-refractivity contribution in [1.29, 1.82) is 0 Å². The standard InChI is InChI=1S/C70H136O6/c1-64(2)56-50-44-38-32-26-20-15-11-7-9-13-17-23-29-35-41-47-53-59-68(71)74-62-67(63-75-69(72)60-54-48-42-36-30-25-19-22-28-34-40-46-52-58-66(5)6)76-70(73)61-55-49-43-37-31-24-18-14-10-8-12-16-21-27-33-39-45-51-57-65(3)4/h64-67H,7-63H2,1-6H3/t67-/m0/s1. The Morgan fingerprint density at radius 3 is 0.566 bits per heavy atom. The predicted molar refractivity (Wildman–Crippen MR) is 330 cm³/mol. The van der Waals surface area contributed by atoms with Crippen molar-refractivity contribution in [1.82, 2.24) is 0 Å². The minimum atomic E-state index is -0.765. The number of hydrogen-bond donors (Lipinski definition) is 0. The fourth-order valence-electron chi connectivity index (χ4n) is 10.9. The van der Waals surface area contributed by atoms with E-state index in [-0.39, 0.29) is 31.1 Å². The van der Waals surface area contributed by atoms with Gasteiger partial charge in [-0.15, -0.1) is 0 Å². The Labute approximate surface area is 476 Å². The Balaban J connectivity index is 4.27. The Kier molecular flexibility index (Phi) is 59.8. The first-order chi connectivity index (χ1) is 37.1. The number of ether oxygens (including phenoxy) is 3. The fraction of sp³-hybridized carbons (Fsp3) is 0.957. The summed E-state index contributed by atoms with van der Waals surface area (Å²) >= 11 is 0. The molecule has 0 fully saturated rings. The van der Waals surface area contributed by atoms with Crippen LogP contribution in [0.15, 0.2) is 0 Å². The second-order valence-electron chi connectivity index (χ2n) is 25.6. The lowest BCUT2D eigenvalue weighted by atomic mass is 10.0. The molecule has 0 spiro atoms. The molecule has 0 aromatic rings. The van der Waals surface area contributed by atoms with Gasteiger partial charge < -0.3 is 14.2 Å². The first-order valence-corrected chi connectivity index (χ1v) is 34.6. The van der Waals surface area contributed by atoms with Gasteiger partial charge in [0.25, 0.3) is 0 Å². The second kappa shape index (κ2) is 61.0. The summed E-state index contributed by atoms with van der Waals surface area (Å²) in [6, 6.07) is 0. The smallest absolute Gasteiger partial charge is 0.306 e. The third-order valence-corrected chi connectivity index (χ3v) is 16.1. The van der Waals surface area contributed by atoms with Gasteiger partial charge in [0.1, 0.15) is 13.2 Å². The number of carbonyl (C=O) groups is 3. The second-order valence-corrected chi connectivity index (χ2v) is 25.6. The summed E-state index contributed by atoms with van der Waals surface area (Å²) in [4.78, 5) is 38.4. The van der Waals surface area contributed by atoms with Gasteiger partial charge >= 0.3 is 17.9 Å². The van der Waals surface area contributed by atoms with E-state index in [1.807, 2.05) is 0 Å². The normalized spacial score (nSPS) is 12.1. The minimum Gasteiger partial charge on any atom is -0.462 e. The van der Waals surface area contributed by atoms with E-state index in [2.05, 4.69) is 41.5 Å². The zero-order valence-electron chi connectivity index (χ0n) is 52.6. The summed E-state index contributed by atoms with van der Waals surface area (Å²) in [6.07, 6.45) is 68.3. The molecule has 0 unspecified atom stereocenters. The summed E-state index contributed by atoms with van der Waals surface area (Å²) in [5.41, 5.74) is 0. The number of carbonyl (C=O) groups excluding carboxylic acids is 3. The van der Waals surface area contributed by atoms with Crippen molar-refractivity contribution in [2.24, 2.45) is 17.8 Å². The first kappa shape index (κ1) is 74.4. The first-order valence-electron chi connectivity index (χ1n) is 34.6. The third kappa shape index (κ3) is 63.2. The van der Waals surface area contributed by atoms with Gasteiger partial charge in [0.2, 0.25) is 0 Å². The lowest BCUT2D eigenvalue weighted by Crippen LogP contribution is -2.30. The van der Waals surface area contributed by atoms with E-state index in [4.69, 9.17) is 14.2 Å². The van der Waals surface area contributed by atoms with Gasteiger partial charge in [-0.05, 0) is 37.0 Å². The zero-order valence-corrected chi connectivity index (χ0v) is 52.6. The van der Waals surface area contributed by atoms with Gasteiger partial charge in [-0.2, -0.15) is 0 Å². The summed E-state index contributed by atoms with van der Waals surface area (Å²) in [5, 5.41) is 0. The van der Waals surface area contributed by atoms with Crippen LogP contribution in [0.2, 0.25) is 0 Å². The summed E-state index contributed by atoms with van der Waals surface area (Å²) in [6.45, 7) is 13.8. The number of rotatable bonds is 63. The van der Waals surface area contributed by atoms with Crippen molar-refractivity contribution >= 4 is 17.9 Å². The Morgan fingerprint density at radius 1 is 0.224 bits per heavy atom. The molecule has 452 valence electrons. The van der Waals surface area contributed by atoms with Gasteiger partial charge in [0.05, 0.1) is 0 Å². The molecule has 0 saturated heterocycles. The van der Waals surface area contributed by atoms with Crippen LogP contribution < -0.4 is 0 Å². The molecule has 0 aromatic carbocycles. The summed E-state index contributed by atoms with van der Waals surface area (Å²) in [7, 11) is 0. The highest BCUT2D eigenvalue weighted by molar-refractivity contribution is 5.71. The van der Waals surface area contributed by atoms with Crippen molar-refractivity contribution in [3.63, 3.8) is 0 Å². The van der Waals surface area contributed by atoms with Gasteiger partial charge in [-0.3, -0.25) is 14.4 Å². The molecule has 0 bridgehead atoms. The topological polar surface area (TPSA) is 78.9 Å². The van der Waals surface area contributed by atoms with Crippen LogP contribution in [0.3, 0.4) is 0 Å². The molecule has 0 aliphatic heterocycles. The third-order valence-electron chi connectivity index (χ3n) is 16.1. The maximum atomic E-state index is 13.0. The van der Waals surface area contributed by atoms with Crippen LogP contribution in [0, 0.1) is 17.8 Å². The van der Waals surface area contributed by atoms with Gasteiger partial charge in [0, 0.05) is 19.3 Å². The van der Waals surface area contributed by atoms with Crippen LogP contribution in [-0.2, 0) is 28.6 Å². The van der Waals surface area contributed by atoms with Gasteiger partial charge in [0.15, 0.2) is 6.10 Å². The molecule has 6 heteroatoms. The molecule has 1 atom stereocenters. The molecule has 0 N–H and O–H groups in total. The lowest BCUT2D eigenvalue weighted by Gasteiger charge is -2.18. The van der Waals surface area contributed by atoms with E-state index in [0.29, 0.717) is 19.3 Å². The van der Waals surface area contributed by atoms with Crippen LogP contribution in [0.1, 0.15) is 395 Å². The zero-order chi connectivity index (χ0) is 55.5. The highest BCUT2D eigenvalue weighted by Gasteiger charge is 2.20. The van der Waals surface area contributed by atoms with Gasteiger partial charge in [-0.25, -0.2) is 0 Å². The maximum Gasteiger partial charge on any atom is 0.306 e. The molecule has 0 radical (unpaired) electrons. The minimum absolute atomic E-state index is 0.0619. The van der Waals surface area contributed by atoms with Crippen LogP contribution in [-0.4, -0.2) is 37.2 Å². The molecule has 0 saturated carbocycles. The molecule has 6 nitrogen and oxygen atoms in total. The van der Waals surface area contributed by atoms with Crippen molar-refractivity contribution < 1.29 is 28.6 Å².